The predicted octanol–water partition coefficient (Wildman–Crippen LogP) is 2.27. The molecule has 0 saturated heterocycles. The van der Waals surface area contributed by atoms with Gasteiger partial charge in [0.05, 0.1) is 6.04 Å². The van der Waals surface area contributed by atoms with Gasteiger partial charge < -0.3 is 5.32 Å². The van der Waals surface area contributed by atoms with Gasteiger partial charge in [0.2, 0.25) is 0 Å². The summed E-state index contributed by atoms with van der Waals surface area (Å²) in [5, 5.41) is 2.98. The largest absolute Gasteiger partial charge is 0.345 e. The Kier molecular flexibility index (Phi) is 2.05. The standard InChI is InChI=1S/C11H13NO/c1-2-5-10-8-6-3-4-7-9(8)11(13)12-10/h3-4,6-7,10H,2,5H2,1H3,(H,12,13). The molecule has 0 spiro atoms. The average Bonchev–Trinajstić information content (AvgIpc) is 2.46. The summed E-state index contributed by atoms with van der Waals surface area (Å²) in [6.45, 7) is 2.13. The molecule has 1 N–H and O–H groups in total. The number of benzene rings is 1. The van der Waals surface area contributed by atoms with E-state index in [-0.39, 0.29) is 11.9 Å². The topological polar surface area (TPSA) is 29.1 Å². The minimum Gasteiger partial charge on any atom is -0.345 e. The van der Waals surface area contributed by atoms with Crippen LogP contribution in [0, 0.1) is 0 Å². The molecule has 1 aliphatic heterocycles. The van der Waals surface area contributed by atoms with Crippen LogP contribution in [-0.4, -0.2) is 5.91 Å². The van der Waals surface area contributed by atoms with Crippen LogP contribution in [0.15, 0.2) is 24.3 Å². The van der Waals surface area contributed by atoms with Gasteiger partial charge in [0, 0.05) is 5.56 Å². The molecule has 0 aromatic heterocycles. The van der Waals surface area contributed by atoms with Gasteiger partial charge in [-0.3, -0.25) is 4.79 Å². The first-order chi connectivity index (χ1) is 6.33. The molecule has 1 heterocycles. The fourth-order valence-electron chi connectivity index (χ4n) is 1.84. The normalized spacial score (nSPS) is 19.8. The Morgan fingerprint density at radius 3 is 2.92 bits per heavy atom. The Bertz CT molecular complexity index is 333. The van der Waals surface area contributed by atoms with E-state index in [9.17, 15) is 4.79 Å². The van der Waals surface area contributed by atoms with E-state index in [4.69, 9.17) is 0 Å². The fourth-order valence-corrected chi connectivity index (χ4v) is 1.84. The highest BCUT2D eigenvalue weighted by Crippen LogP contribution is 2.27. The second-order valence-corrected chi connectivity index (χ2v) is 3.40. The summed E-state index contributed by atoms with van der Waals surface area (Å²) >= 11 is 0. The number of amides is 1. The smallest absolute Gasteiger partial charge is 0.252 e. The van der Waals surface area contributed by atoms with Crippen molar-refractivity contribution >= 4 is 5.91 Å². The number of nitrogens with one attached hydrogen (secondary N) is 1. The maximum absolute atomic E-state index is 11.4. The minimum atomic E-state index is 0.0778. The Morgan fingerprint density at radius 2 is 2.15 bits per heavy atom. The van der Waals surface area contributed by atoms with Crippen LogP contribution in [0.25, 0.3) is 0 Å². The SMILES string of the molecule is CCCC1NC(=O)c2ccccc21. The maximum atomic E-state index is 11.4. The van der Waals surface area contributed by atoms with E-state index >= 15 is 0 Å². The van der Waals surface area contributed by atoms with Crippen LogP contribution in [0.4, 0.5) is 0 Å². The highest BCUT2D eigenvalue weighted by molar-refractivity contribution is 5.99. The molecule has 68 valence electrons. The molecule has 0 saturated carbocycles. The fraction of sp³-hybridized carbons (Fsp3) is 0.364. The minimum absolute atomic E-state index is 0.0778. The van der Waals surface area contributed by atoms with Crippen LogP contribution in [0.3, 0.4) is 0 Å². The van der Waals surface area contributed by atoms with Crippen molar-refractivity contribution in [1.29, 1.82) is 0 Å². The highest BCUT2D eigenvalue weighted by Gasteiger charge is 2.26. The molecule has 0 radical (unpaired) electrons. The van der Waals surface area contributed by atoms with Gasteiger partial charge in [0.25, 0.3) is 5.91 Å². The summed E-state index contributed by atoms with van der Waals surface area (Å²) in [5.41, 5.74) is 2.01. The third-order valence-electron chi connectivity index (χ3n) is 2.46. The molecule has 2 heteroatoms. The highest BCUT2D eigenvalue weighted by atomic mass is 16.2. The number of carbonyl (C=O) groups is 1. The van der Waals surface area contributed by atoms with E-state index in [1.54, 1.807) is 0 Å². The molecule has 1 aromatic carbocycles. The molecule has 0 bridgehead atoms. The number of hydrogen-bond donors (Lipinski definition) is 1. The van der Waals surface area contributed by atoms with Crippen molar-refractivity contribution in [2.24, 2.45) is 0 Å². The third kappa shape index (κ3) is 1.32. The monoisotopic (exact) mass is 175 g/mol. The molecule has 13 heavy (non-hydrogen) atoms. The lowest BCUT2D eigenvalue weighted by molar-refractivity contribution is 0.0955. The molecule has 0 fully saturated rings. The zero-order valence-corrected chi connectivity index (χ0v) is 7.71. The van der Waals surface area contributed by atoms with Crippen molar-refractivity contribution in [3.8, 4) is 0 Å². The molecule has 1 unspecified atom stereocenters. The van der Waals surface area contributed by atoms with Crippen LogP contribution >= 0.6 is 0 Å². The lowest BCUT2D eigenvalue weighted by Gasteiger charge is -2.08. The van der Waals surface area contributed by atoms with Crippen molar-refractivity contribution in [3.05, 3.63) is 35.4 Å². The van der Waals surface area contributed by atoms with Gasteiger partial charge in [-0.05, 0) is 18.1 Å². The molecule has 2 rings (SSSR count). The van der Waals surface area contributed by atoms with E-state index in [1.165, 1.54) is 0 Å². The number of hydrogen-bond acceptors (Lipinski definition) is 1. The zero-order chi connectivity index (χ0) is 9.26. The molecule has 1 amide bonds. The number of fused-ring (bicyclic) bond motifs is 1. The summed E-state index contributed by atoms with van der Waals surface area (Å²) in [6.07, 6.45) is 2.13. The lowest BCUT2D eigenvalue weighted by Crippen LogP contribution is -2.18. The van der Waals surface area contributed by atoms with E-state index in [2.05, 4.69) is 12.2 Å². The van der Waals surface area contributed by atoms with E-state index < -0.39 is 0 Å². The molecule has 1 atom stereocenters. The van der Waals surface area contributed by atoms with Gasteiger partial charge in [-0.2, -0.15) is 0 Å². The Morgan fingerprint density at radius 1 is 1.38 bits per heavy atom. The van der Waals surface area contributed by atoms with Crippen molar-refractivity contribution in [2.75, 3.05) is 0 Å². The first kappa shape index (κ1) is 8.30. The second-order valence-electron chi connectivity index (χ2n) is 3.40. The zero-order valence-electron chi connectivity index (χ0n) is 7.71. The summed E-state index contributed by atoms with van der Waals surface area (Å²) in [4.78, 5) is 11.4. The first-order valence-electron chi connectivity index (χ1n) is 4.72. The van der Waals surface area contributed by atoms with Crippen LogP contribution in [0.2, 0.25) is 0 Å². The molecule has 1 aromatic rings. The van der Waals surface area contributed by atoms with Crippen molar-refractivity contribution < 1.29 is 4.79 Å². The van der Waals surface area contributed by atoms with Gasteiger partial charge in [0.15, 0.2) is 0 Å². The number of rotatable bonds is 2. The average molecular weight is 175 g/mol. The molecule has 0 aliphatic carbocycles. The van der Waals surface area contributed by atoms with Crippen LogP contribution < -0.4 is 5.32 Å². The van der Waals surface area contributed by atoms with E-state index in [1.807, 2.05) is 24.3 Å². The van der Waals surface area contributed by atoms with E-state index in [0.717, 1.165) is 24.0 Å². The maximum Gasteiger partial charge on any atom is 0.252 e. The summed E-state index contributed by atoms with van der Waals surface area (Å²) in [7, 11) is 0. The molecule has 2 nitrogen and oxygen atoms in total. The summed E-state index contributed by atoms with van der Waals surface area (Å²) in [6, 6.07) is 8.07. The van der Waals surface area contributed by atoms with Gasteiger partial charge in [-0.1, -0.05) is 31.5 Å². The molecular formula is C11H13NO. The summed E-state index contributed by atoms with van der Waals surface area (Å²) in [5.74, 6) is 0.0778. The Balaban J connectivity index is 2.36. The van der Waals surface area contributed by atoms with Gasteiger partial charge in [-0.25, -0.2) is 0 Å². The van der Waals surface area contributed by atoms with Gasteiger partial charge >= 0.3 is 0 Å². The predicted molar refractivity (Wildman–Crippen MR) is 51.6 cm³/mol. The van der Waals surface area contributed by atoms with Gasteiger partial charge in [0.1, 0.15) is 0 Å². The Labute approximate surface area is 78.0 Å². The van der Waals surface area contributed by atoms with Crippen LogP contribution in [0.1, 0.15) is 41.7 Å². The van der Waals surface area contributed by atoms with Crippen LogP contribution in [0.5, 0.6) is 0 Å². The lowest BCUT2D eigenvalue weighted by atomic mass is 10.0. The van der Waals surface area contributed by atoms with Crippen molar-refractivity contribution in [3.63, 3.8) is 0 Å². The van der Waals surface area contributed by atoms with Crippen molar-refractivity contribution in [1.82, 2.24) is 5.32 Å². The Hall–Kier alpha value is -1.31. The second kappa shape index (κ2) is 3.21. The van der Waals surface area contributed by atoms with Crippen molar-refractivity contribution in [2.45, 2.75) is 25.8 Å². The third-order valence-corrected chi connectivity index (χ3v) is 2.46. The van der Waals surface area contributed by atoms with Crippen LogP contribution in [-0.2, 0) is 0 Å². The van der Waals surface area contributed by atoms with E-state index in [0.29, 0.717) is 0 Å². The molecular weight excluding hydrogens is 162 g/mol. The summed E-state index contributed by atoms with van der Waals surface area (Å²) < 4.78 is 0. The molecule has 1 aliphatic rings. The number of carbonyl (C=O) groups excluding carboxylic acids is 1. The quantitative estimate of drug-likeness (QED) is 0.734. The van der Waals surface area contributed by atoms with Gasteiger partial charge in [-0.15, -0.1) is 0 Å². The first-order valence-corrected chi connectivity index (χ1v) is 4.72.